The maximum Gasteiger partial charge on any atom is 0.319 e. The normalized spacial score (nSPS) is 12.3. The maximum atomic E-state index is 12.1. The molecular formula is C19H26N4O5S2. The lowest BCUT2D eigenvalue weighted by atomic mass is 9.87. The minimum Gasteiger partial charge on any atom is -0.337 e. The average Bonchev–Trinajstić information content (AvgIpc) is 2.60. The molecule has 2 aromatic carbocycles. The van der Waals surface area contributed by atoms with Crippen LogP contribution in [-0.2, 0) is 25.5 Å². The fourth-order valence-corrected chi connectivity index (χ4v) is 3.95. The molecule has 0 aliphatic heterocycles. The van der Waals surface area contributed by atoms with Crippen LogP contribution in [0, 0.1) is 0 Å². The van der Waals surface area contributed by atoms with Crippen LogP contribution in [0.2, 0.25) is 0 Å². The van der Waals surface area contributed by atoms with Crippen molar-refractivity contribution >= 4 is 37.5 Å². The van der Waals surface area contributed by atoms with E-state index in [4.69, 9.17) is 5.14 Å². The molecule has 0 heterocycles. The number of hydrogen-bond donors (Lipinski definition) is 4. The minimum atomic E-state index is -3.85. The van der Waals surface area contributed by atoms with Gasteiger partial charge >= 0.3 is 6.03 Å². The summed E-state index contributed by atoms with van der Waals surface area (Å²) in [5, 5.41) is 10.1. The Morgan fingerprint density at radius 1 is 0.900 bits per heavy atom. The van der Waals surface area contributed by atoms with Gasteiger partial charge in [-0.2, -0.15) is 0 Å². The van der Waals surface area contributed by atoms with Gasteiger partial charge in [0.25, 0.3) is 0 Å². The van der Waals surface area contributed by atoms with E-state index in [0.717, 1.165) is 5.56 Å². The first-order valence-corrected chi connectivity index (χ1v) is 12.2. The predicted molar refractivity (Wildman–Crippen MR) is 117 cm³/mol. The first-order valence-electron chi connectivity index (χ1n) is 9.05. The largest absolute Gasteiger partial charge is 0.337 e. The molecule has 0 saturated carbocycles. The number of carbonyl (C=O) groups is 1. The molecule has 2 amide bonds. The van der Waals surface area contributed by atoms with Crippen LogP contribution >= 0.6 is 0 Å². The maximum absolute atomic E-state index is 12.1. The average molecular weight is 455 g/mol. The third-order valence-electron chi connectivity index (χ3n) is 4.12. The summed E-state index contributed by atoms with van der Waals surface area (Å²) in [5.74, 6) is -0.361. The van der Waals surface area contributed by atoms with Crippen LogP contribution in [0.5, 0.6) is 0 Å². The number of urea groups is 1. The van der Waals surface area contributed by atoms with Crippen LogP contribution in [0.15, 0.2) is 53.4 Å². The summed E-state index contributed by atoms with van der Waals surface area (Å²) in [7, 11) is -7.60. The Kier molecular flexibility index (Phi) is 7.11. The van der Waals surface area contributed by atoms with E-state index in [-0.39, 0.29) is 28.3 Å². The molecule has 0 aliphatic carbocycles. The van der Waals surface area contributed by atoms with Gasteiger partial charge in [0.1, 0.15) is 0 Å². The van der Waals surface area contributed by atoms with E-state index in [0.29, 0.717) is 5.69 Å². The van der Waals surface area contributed by atoms with Crippen LogP contribution in [0.4, 0.5) is 16.2 Å². The molecule has 0 aromatic heterocycles. The molecule has 0 radical (unpaired) electrons. The summed E-state index contributed by atoms with van der Waals surface area (Å²) in [6.45, 7) is 6.15. The van der Waals surface area contributed by atoms with Crippen molar-refractivity contribution in [1.29, 1.82) is 0 Å². The Morgan fingerprint density at radius 2 is 1.43 bits per heavy atom. The Hall–Kier alpha value is -2.63. The number of primary sulfonamides is 1. The number of sulfonamides is 2. The standard InChI is InChI=1S/C19H26N4O5S2/c1-19(2,3)14-4-6-15(7-5-14)22-18(24)21-12-13-29(25,26)23-16-8-10-17(11-9-16)30(20,27)28/h4-11,23H,12-13H2,1-3H3,(H2,20,27,28)(H2,21,22,24). The van der Waals surface area contributed by atoms with Crippen LogP contribution in [0.3, 0.4) is 0 Å². The SMILES string of the molecule is CC(C)(C)c1ccc(NC(=O)NCCS(=O)(=O)Nc2ccc(S(N)(=O)=O)cc2)cc1. The van der Waals surface area contributed by atoms with Gasteiger partial charge in [-0.1, -0.05) is 32.9 Å². The van der Waals surface area contributed by atoms with Gasteiger partial charge in [-0.3, -0.25) is 4.72 Å². The Morgan fingerprint density at radius 3 is 1.93 bits per heavy atom. The second-order valence-corrected chi connectivity index (χ2v) is 11.1. The van der Waals surface area contributed by atoms with Gasteiger partial charge in [0.15, 0.2) is 0 Å². The van der Waals surface area contributed by atoms with Crippen molar-refractivity contribution < 1.29 is 21.6 Å². The fourth-order valence-electron chi connectivity index (χ4n) is 2.47. The molecule has 0 saturated heterocycles. The van der Waals surface area contributed by atoms with Gasteiger partial charge in [0, 0.05) is 17.9 Å². The smallest absolute Gasteiger partial charge is 0.319 e. The number of hydrogen-bond acceptors (Lipinski definition) is 5. The number of benzene rings is 2. The van der Waals surface area contributed by atoms with Crippen molar-refractivity contribution in [2.45, 2.75) is 31.1 Å². The molecule has 0 fully saturated rings. The van der Waals surface area contributed by atoms with Crippen LogP contribution < -0.4 is 20.5 Å². The van der Waals surface area contributed by atoms with Gasteiger partial charge in [0.05, 0.1) is 10.6 Å². The number of nitrogens with two attached hydrogens (primary N) is 1. The number of rotatable bonds is 7. The molecule has 5 N–H and O–H groups in total. The Balaban J connectivity index is 1.84. The monoisotopic (exact) mass is 454 g/mol. The molecule has 0 aliphatic rings. The third-order valence-corrected chi connectivity index (χ3v) is 6.34. The lowest BCUT2D eigenvalue weighted by Crippen LogP contribution is -2.34. The van der Waals surface area contributed by atoms with E-state index in [2.05, 4.69) is 36.1 Å². The van der Waals surface area contributed by atoms with Gasteiger partial charge in [0.2, 0.25) is 20.0 Å². The zero-order chi connectivity index (χ0) is 22.6. The molecule has 2 rings (SSSR count). The highest BCUT2D eigenvalue weighted by Crippen LogP contribution is 2.23. The Labute approximate surface area is 177 Å². The van der Waals surface area contributed by atoms with E-state index < -0.39 is 26.1 Å². The molecule has 11 heteroatoms. The molecule has 0 spiro atoms. The summed E-state index contributed by atoms with van der Waals surface area (Å²) >= 11 is 0. The summed E-state index contributed by atoms with van der Waals surface area (Å²) in [6.07, 6.45) is 0. The van der Waals surface area contributed by atoms with E-state index in [1.54, 1.807) is 12.1 Å². The number of amides is 2. The summed E-state index contributed by atoms with van der Waals surface area (Å²) in [6, 6.07) is 11.9. The molecule has 9 nitrogen and oxygen atoms in total. The summed E-state index contributed by atoms with van der Waals surface area (Å²) in [5.41, 5.74) is 1.91. The third kappa shape index (κ3) is 7.32. The number of carbonyl (C=O) groups excluding carboxylic acids is 1. The lowest BCUT2D eigenvalue weighted by molar-refractivity contribution is 0.252. The highest BCUT2D eigenvalue weighted by Gasteiger charge is 2.14. The van der Waals surface area contributed by atoms with Crippen molar-refractivity contribution in [3.05, 3.63) is 54.1 Å². The molecule has 164 valence electrons. The molecular weight excluding hydrogens is 428 g/mol. The zero-order valence-corrected chi connectivity index (χ0v) is 18.6. The second kappa shape index (κ2) is 9.02. The van der Waals surface area contributed by atoms with Crippen LogP contribution in [0.25, 0.3) is 0 Å². The van der Waals surface area contributed by atoms with Crippen molar-refractivity contribution in [1.82, 2.24) is 5.32 Å². The highest BCUT2D eigenvalue weighted by molar-refractivity contribution is 7.92. The topological polar surface area (TPSA) is 147 Å². The summed E-state index contributed by atoms with van der Waals surface area (Å²) < 4.78 is 49.0. The van der Waals surface area contributed by atoms with Gasteiger partial charge in [-0.15, -0.1) is 0 Å². The van der Waals surface area contributed by atoms with Crippen molar-refractivity contribution in [3.8, 4) is 0 Å². The molecule has 30 heavy (non-hydrogen) atoms. The minimum absolute atomic E-state index is 0.00104. The van der Waals surface area contributed by atoms with Crippen LogP contribution in [-0.4, -0.2) is 35.2 Å². The van der Waals surface area contributed by atoms with Crippen molar-refractivity contribution in [2.24, 2.45) is 5.14 Å². The molecule has 0 atom stereocenters. The quantitative estimate of drug-likeness (QED) is 0.506. The highest BCUT2D eigenvalue weighted by atomic mass is 32.2. The van der Waals surface area contributed by atoms with Crippen molar-refractivity contribution in [2.75, 3.05) is 22.3 Å². The zero-order valence-electron chi connectivity index (χ0n) is 17.0. The van der Waals surface area contributed by atoms with Crippen LogP contribution in [0.1, 0.15) is 26.3 Å². The van der Waals surface area contributed by atoms with E-state index >= 15 is 0 Å². The molecule has 2 aromatic rings. The van der Waals surface area contributed by atoms with Gasteiger partial charge < -0.3 is 10.6 Å². The first-order chi connectivity index (χ1) is 13.8. The predicted octanol–water partition coefficient (Wildman–Crippen LogP) is 2.19. The second-order valence-electron chi connectivity index (χ2n) is 7.70. The lowest BCUT2D eigenvalue weighted by Gasteiger charge is -2.19. The summed E-state index contributed by atoms with van der Waals surface area (Å²) in [4.78, 5) is 11.8. The molecule has 0 unspecified atom stereocenters. The van der Waals surface area contributed by atoms with Gasteiger partial charge in [-0.05, 0) is 47.4 Å². The van der Waals surface area contributed by atoms with Gasteiger partial charge in [-0.25, -0.2) is 26.8 Å². The van der Waals surface area contributed by atoms with E-state index in [1.807, 2.05) is 12.1 Å². The van der Waals surface area contributed by atoms with E-state index in [1.165, 1.54) is 24.3 Å². The number of nitrogens with one attached hydrogen (secondary N) is 3. The first kappa shape index (κ1) is 23.6. The van der Waals surface area contributed by atoms with Crippen molar-refractivity contribution in [3.63, 3.8) is 0 Å². The molecule has 0 bridgehead atoms. The number of anilines is 2. The Bertz CT molecular complexity index is 1090. The van der Waals surface area contributed by atoms with E-state index in [9.17, 15) is 21.6 Å². The fraction of sp³-hybridized carbons (Fsp3) is 0.316.